The first-order chi connectivity index (χ1) is 9.81. The zero-order valence-electron chi connectivity index (χ0n) is 12.1. The molecule has 0 aromatic carbocycles. The lowest BCUT2D eigenvalue weighted by atomic mass is 9.92. The van der Waals surface area contributed by atoms with Crippen molar-refractivity contribution in [3.63, 3.8) is 0 Å². The van der Waals surface area contributed by atoms with Gasteiger partial charge in [0.2, 0.25) is 0 Å². The SMILES string of the molecule is CCCNc1ncnc(N2CCCC3CCCC32)c1Br. The molecule has 110 valence electrons. The molecule has 2 atom stereocenters. The Morgan fingerprint density at radius 2 is 2.15 bits per heavy atom. The minimum Gasteiger partial charge on any atom is -0.369 e. The highest BCUT2D eigenvalue weighted by atomic mass is 79.9. The highest BCUT2D eigenvalue weighted by molar-refractivity contribution is 9.10. The molecular weight excluding hydrogens is 316 g/mol. The molecule has 3 rings (SSSR count). The second-order valence-corrected chi connectivity index (χ2v) is 6.67. The van der Waals surface area contributed by atoms with E-state index in [0.717, 1.165) is 41.5 Å². The molecule has 1 aromatic heterocycles. The maximum atomic E-state index is 4.56. The molecule has 1 aliphatic heterocycles. The van der Waals surface area contributed by atoms with Gasteiger partial charge in [-0.3, -0.25) is 0 Å². The molecule has 0 amide bonds. The van der Waals surface area contributed by atoms with Crippen molar-refractivity contribution in [3.05, 3.63) is 10.8 Å². The zero-order chi connectivity index (χ0) is 13.9. The summed E-state index contributed by atoms with van der Waals surface area (Å²) >= 11 is 3.71. The van der Waals surface area contributed by atoms with Crippen molar-refractivity contribution in [2.24, 2.45) is 5.92 Å². The van der Waals surface area contributed by atoms with Crippen LogP contribution in [0.3, 0.4) is 0 Å². The molecule has 1 aromatic rings. The standard InChI is InChI=1S/C15H23BrN4/c1-2-8-17-14-13(16)15(19-10-18-14)20-9-4-6-11-5-3-7-12(11)20/h10-12H,2-9H2,1H3,(H,17,18,19). The third kappa shape index (κ3) is 2.65. The summed E-state index contributed by atoms with van der Waals surface area (Å²) < 4.78 is 1.03. The molecule has 5 heteroatoms. The quantitative estimate of drug-likeness (QED) is 0.905. The Morgan fingerprint density at radius 3 is 3.00 bits per heavy atom. The molecule has 1 saturated heterocycles. The first-order valence-electron chi connectivity index (χ1n) is 7.82. The van der Waals surface area contributed by atoms with Gasteiger partial charge in [0.25, 0.3) is 0 Å². The molecule has 0 radical (unpaired) electrons. The third-order valence-corrected chi connectivity index (χ3v) is 5.31. The number of nitrogens with zero attached hydrogens (tertiary/aromatic N) is 3. The summed E-state index contributed by atoms with van der Waals surface area (Å²) in [5.74, 6) is 2.88. The molecule has 2 fully saturated rings. The summed E-state index contributed by atoms with van der Waals surface area (Å²) in [6.07, 6.45) is 9.55. The minimum atomic E-state index is 0.689. The van der Waals surface area contributed by atoms with Gasteiger partial charge in [-0.05, 0) is 54.0 Å². The summed E-state index contributed by atoms with van der Waals surface area (Å²) in [5.41, 5.74) is 0. The van der Waals surface area contributed by atoms with Gasteiger partial charge < -0.3 is 10.2 Å². The average molecular weight is 339 g/mol. The monoisotopic (exact) mass is 338 g/mol. The van der Waals surface area contributed by atoms with E-state index in [2.05, 4.69) is 43.0 Å². The van der Waals surface area contributed by atoms with Crippen molar-refractivity contribution >= 4 is 27.6 Å². The second kappa shape index (κ2) is 6.29. The van der Waals surface area contributed by atoms with Gasteiger partial charge in [-0.25, -0.2) is 9.97 Å². The van der Waals surface area contributed by atoms with Crippen LogP contribution in [-0.4, -0.2) is 29.1 Å². The van der Waals surface area contributed by atoms with Crippen molar-refractivity contribution in [2.45, 2.75) is 51.5 Å². The molecule has 1 saturated carbocycles. The minimum absolute atomic E-state index is 0.689. The van der Waals surface area contributed by atoms with E-state index in [1.165, 1.54) is 32.1 Å². The van der Waals surface area contributed by atoms with Crippen LogP contribution in [0.15, 0.2) is 10.8 Å². The van der Waals surface area contributed by atoms with Crippen molar-refractivity contribution in [1.82, 2.24) is 9.97 Å². The number of anilines is 2. The smallest absolute Gasteiger partial charge is 0.148 e. The van der Waals surface area contributed by atoms with Gasteiger partial charge in [-0.1, -0.05) is 13.3 Å². The summed E-state index contributed by atoms with van der Waals surface area (Å²) in [6, 6.07) is 0.689. The highest BCUT2D eigenvalue weighted by Gasteiger charge is 2.36. The molecule has 1 N–H and O–H groups in total. The van der Waals surface area contributed by atoms with Gasteiger partial charge in [-0.2, -0.15) is 0 Å². The average Bonchev–Trinajstić information content (AvgIpc) is 2.95. The number of halogens is 1. The first-order valence-corrected chi connectivity index (χ1v) is 8.61. The molecule has 2 heterocycles. The summed E-state index contributed by atoms with van der Waals surface area (Å²) in [4.78, 5) is 11.4. The van der Waals surface area contributed by atoms with Crippen LogP contribution in [0.4, 0.5) is 11.6 Å². The Labute approximate surface area is 129 Å². The molecular formula is C15H23BrN4. The predicted molar refractivity (Wildman–Crippen MR) is 86.2 cm³/mol. The van der Waals surface area contributed by atoms with E-state index in [-0.39, 0.29) is 0 Å². The number of hydrogen-bond donors (Lipinski definition) is 1. The van der Waals surface area contributed by atoms with Gasteiger partial charge in [0.1, 0.15) is 22.4 Å². The molecule has 2 unspecified atom stereocenters. The Bertz CT molecular complexity index is 465. The number of nitrogens with one attached hydrogen (secondary N) is 1. The van der Waals surface area contributed by atoms with E-state index in [1.807, 2.05) is 0 Å². The van der Waals surface area contributed by atoms with Crippen LogP contribution in [0.1, 0.15) is 45.4 Å². The number of piperidine rings is 1. The molecule has 0 bridgehead atoms. The van der Waals surface area contributed by atoms with Gasteiger partial charge in [0.15, 0.2) is 0 Å². The maximum absolute atomic E-state index is 4.56. The van der Waals surface area contributed by atoms with Crippen LogP contribution in [0.5, 0.6) is 0 Å². The fraction of sp³-hybridized carbons (Fsp3) is 0.733. The van der Waals surface area contributed by atoms with Crippen LogP contribution < -0.4 is 10.2 Å². The first kappa shape index (κ1) is 14.1. The largest absolute Gasteiger partial charge is 0.369 e. The van der Waals surface area contributed by atoms with Crippen molar-refractivity contribution < 1.29 is 0 Å². The van der Waals surface area contributed by atoms with Gasteiger partial charge in [0.05, 0.1) is 0 Å². The van der Waals surface area contributed by atoms with E-state index < -0.39 is 0 Å². The fourth-order valence-corrected chi connectivity index (χ4v) is 4.22. The predicted octanol–water partition coefficient (Wildman–Crippen LogP) is 3.83. The molecule has 2 aliphatic rings. The summed E-state index contributed by atoms with van der Waals surface area (Å²) in [7, 11) is 0. The van der Waals surface area contributed by atoms with Crippen molar-refractivity contribution in [1.29, 1.82) is 0 Å². The Morgan fingerprint density at radius 1 is 1.30 bits per heavy atom. The van der Waals surface area contributed by atoms with E-state index in [4.69, 9.17) is 0 Å². The second-order valence-electron chi connectivity index (χ2n) is 5.88. The van der Waals surface area contributed by atoms with Crippen LogP contribution in [0.25, 0.3) is 0 Å². The van der Waals surface area contributed by atoms with E-state index in [1.54, 1.807) is 6.33 Å². The normalized spacial score (nSPS) is 25.6. The summed E-state index contributed by atoms with van der Waals surface area (Å²) in [6.45, 7) is 4.24. The third-order valence-electron chi connectivity index (χ3n) is 4.58. The van der Waals surface area contributed by atoms with Crippen LogP contribution in [-0.2, 0) is 0 Å². The lowest BCUT2D eigenvalue weighted by Crippen LogP contribution is -2.43. The number of rotatable bonds is 4. The lowest BCUT2D eigenvalue weighted by Gasteiger charge is -2.39. The van der Waals surface area contributed by atoms with Crippen LogP contribution >= 0.6 is 15.9 Å². The maximum Gasteiger partial charge on any atom is 0.148 e. The molecule has 4 nitrogen and oxygen atoms in total. The zero-order valence-corrected chi connectivity index (χ0v) is 13.7. The van der Waals surface area contributed by atoms with Gasteiger partial charge in [-0.15, -0.1) is 0 Å². The van der Waals surface area contributed by atoms with E-state index in [0.29, 0.717) is 6.04 Å². The molecule has 0 spiro atoms. The molecule has 20 heavy (non-hydrogen) atoms. The van der Waals surface area contributed by atoms with Gasteiger partial charge >= 0.3 is 0 Å². The Hall–Kier alpha value is -0.840. The number of aromatic nitrogens is 2. The summed E-state index contributed by atoms with van der Waals surface area (Å²) in [5, 5.41) is 3.38. The lowest BCUT2D eigenvalue weighted by molar-refractivity contribution is 0.360. The Kier molecular flexibility index (Phi) is 4.44. The van der Waals surface area contributed by atoms with Crippen molar-refractivity contribution in [2.75, 3.05) is 23.3 Å². The van der Waals surface area contributed by atoms with Crippen LogP contribution in [0, 0.1) is 5.92 Å². The van der Waals surface area contributed by atoms with Crippen LogP contribution in [0.2, 0.25) is 0 Å². The fourth-order valence-electron chi connectivity index (χ4n) is 3.64. The van der Waals surface area contributed by atoms with E-state index >= 15 is 0 Å². The number of hydrogen-bond acceptors (Lipinski definition) is 4. The van der Waals surface area contributed by atoms with Gasteiger partial charge in [0, 0.05) is 19.1 Å². The Balaban J connectivity index is 1.85. The highest BCUT2D eigenvalue weighted by Crippen LogP contribution is 2.41. The topological polar surface area (TPSA) is 41.1 Å². The van der Waals surface area contributed by atoms with E-state index in [9.17, 15) is 0 Å². The number of fused-ring (bicyclic) bond motifs is 1. The van der Waals surface area contributed by atoms with Crippen molar-refractivity contribution in [3.8, 4) is 0 Å². The molecule has 1 aliphatic carbocycles.